The van der Waals surface area contributed by atoms with Crippen molar-refractivity contribution in [3.8, 4) is 0 Å². The number of para-hydroxylation sites is 1. The number of nitrogens with zero attached hydrogens (tertiary/aromatic N) is 3. The first-order chi connectivity index (χ1) is 12.6. The molecule has 1 N–H and O–H groups in total. The van der Waals surface area contributed by atoms with E-state index in [0.29, 0.717) is 32.8 Å². The molecule has 2 aromatic rings. The maximum Gasteiger partial charge on any atom is 0.236 e. The third kappa shape index (κ3) is 4.38. The number of carbonyl (C=O) groups excluding carboxylic acids is 1. The minimum absolute atomic E-state index is 0.0500. The SMILES string of the molecule is COCCN(C)CC(=O)N1C[C@@H](Cc2ccnc3ccccc23)[C@@H](O)C1. The van der Waals surface area contributed by atoms with E-state index in [1.807, 2.05) is 42.4 Å². The maximum absolute atomic E-state index is 12.5. The number of carbonyl (C=O) groups is 1. The number of aromatic nitrogens is 1. The van der Waals surface area contributed by atoms with Crippen molar-refractivity contribution >= 4 is 16.8 Å². The first kappa shape index (κ1) is 18.8. The van der Waals surface area contributed by atoms with E-state index in [-0.39, 0.29) is 11.8 Å². The number of hydrogen-bond acceptors (Lipinski definition) is 5. The summed E-state index contributed by atoms with van der Waals surface area (Å²) >= 11 is 0. The van der Waals surface area contributed by atoms with Crippen LogP contribution in [-0.4, -0.2) is 78.8 Å². The Morgan fingerprint density at radius 1 is 1.35 bits per heavy atom. The number of fused-ring (bicyclic) bond motifs is 1. The zero-order valence-electron chi connectivity index (χ0n) is 15.5. The molecule has 1 amide bonds. The number of likely N-dealkylation sites (tertiary alicyclic amines) is 1. The molecule has 2 heterocycles. The zero-order chi connectivity index (χ0) is 18.5. The highest BCUT2D eigenvalue weighted by molar-refractivity contribution is 5.82. The van der Waals surface area contributed by atoms with Crippen LogP contribution < -0.4 is 0 Å². The molecule has 140 valence electrons. The number of benzene rings is 1. The smallest absolute Gasteiger partial charge is 0.236 e. The van der Waals surface area contributed by atoms with Crippen LogP contribution in [0.15, 0.2) is 36.5 Å². The summed E-state index contributed by atoms with van der Waals surface area (Å²) in [6.07, 6.45) is 2.07. The van der Waals surface area contributed by atoms with Crippen molar-refractivity contribution in [1.29, 1.82) is 0 Å². The predicted molar refractivity (Wildman–Crippen MR) is 101 cm³/mol. The third-order valence-corrected chi connectivity index (χ3v) is 5.06. The minimum Gasteiger partial charge on any atom is -0.391 e. The lowest BCUT2D eigenvalue weighted by Gasteiger charge is -2.21. The van der Waals surface area contributed by atoms with Crippen LogP contribution in [0, 0.1) is 5.92 Å². The lowest BCUT2D eigenvalue weighted by molar-refractivity contribution is -0.131. The van der Waals surface area contributed by atoms with Gasteiger partial charge >= 0.3 is 0 Å². The molecule has 1 aliphatic rings. The highest BCUT2D eigenvalue weighted by atomic mass is 16.5. The number of β-amino-alcohol motifs (C(OH)–C–C–N with tert-alkyl or cyclic N) is 1. The maximum atomic E-state index is 12.5. The highest BCUT2D eigenvalue weighted by Gasteiger charge is 2.34. The number of rotatable bonds is 7. The second kappa shape index (κ2) is 8.58. The van der Waals surface area contributed by atoms with Gasteiger partial charge in [-0.15, -0.1) is 0 Å². The molecule has 0 unspecified atom stereocenters. The molecule has 0 bridgehead atoms. The first-order valence-corrected chi connectivity index (χ1v) is 9.04. The summed E-state index contributed by atoms with van der Waals surface area (Å²) < 4.78 is 5.04. The van der Waals surface area contributed by atoms with Crippen LogP contribution >= 0.6 is 0 Å². The van der Waals surface area contributed by atoms with Crippen LogP contribution in [0.4, 0.5) is 0 Å². The van der Waals surface area contributed by atoms with Gasteiger partial charge in [0.25, 0.3) is 0 Å². The number of aliphatic hydroxyl groups excluding tert-OH is 1. The minimum atomic E-state index is -0.491. The fourth-order valence-corrected chi connectivity index (χ4v) is 3.53. The molecule has 1 aliphatic heterocycles. The van der Waals surface area contributed by atoms with Gasteiger partial charge in [0, 0.05) is 44.2 Å². The molecular weight excluding hydrogens is 330 g/mol. The molecule has 0 spiro atoms. The van der Waals surface area contributed by atoms with Crippen LogP contribution in [0.1, 0.15) is 5.56 Å². The van der Waals surface area contributed by atoms with E-state index < -0.39 is 6.10 Å². The lowest BCUT2D eigenvalue weighted by atomic mass is 9.94. The number of likely N-dealkylation sites (N-methyl/N-ethyl adjacent to an activating group) is 1. The molecule has 6 nitrogen and oxygen atoms in total. The summed E-state index contributed by atoms with van der Waals surface area (Å²) in [5, 5.41) is 11.6. The van der Waals surface area contributed by atoms with Gasteiger partial charge in [-0.1, -0.05) is 18.2 Å². The van der Waals surface area contributed by atoms with Crippen LogP contribution in [0.5, 0.6) is 0 Å². The topological polar surface area (TPSA) is 65.9 Å². The van der Waals surface area contributed by atoms with E-state index in [9.17, 15) is 9.90 Å². The molecule has 1 saturated heterocycles. The fourth-order valence-electron chi connectivity index (χ4n) is 3.53. The summed E-state index contributed by atoms with van der Waals surface area (Å²) in [6.45, 7) is 2.66. The van der Waals surface area contributed by atoms with Crippen molar-refractivity contribution in [1.82, 2.24) is 14.8 Å². The highest BCUT2D eigenvalue weighted by Crippen LogP contribution is 2.25. The monoisotopic (exact) mass is 357 g/mol. The van der Waals surface area contributed by atoms with Crippen molar-refractivity contribution in [2.24, 2.45) is 5.92 Å². The van der Waals surface area contributed by atoms with Crippen molar-refractivity contribution in [2.75, 3.05) is 46.9 Å². The third-order valence-electron chi connectivity index (χ3n) is 5.06. The molecule has 0 radical (unpaired) electrons. The Morgan fingerprint density at radius 2 is 2.15 bits per heavy atom. The average Bonchev–Trinajstić information content (AvgIpc) is 3.01. The van der Waals surface area contributed by atoms with E-state index in [1.54, 1.807) is 12.0 Å². The Balaban J connectivity index is 1.62. The van der Waals surface area contributed by atoms with E-state index in [4.69, 9.17) is 4.74 Å². The van der Waals surface area contributed by atoms with Crippen LogP contribution in [-0.2, 0) is 16.0 Å². The van der Waals surface area contributed by atoms with Crippen molar-refractivity contribution in [3.63, 3.8) is 0 Å². The molecule has 1 fully saturated rings. The number of amides is 1. The van der Waals surface area contributed by atoms with Gasteiger partial charge in [0.05, 0.1) is 24.8 Å². The Labute approximate surface area is 154 Å². The Kier molecular flexibility index (Phi) is 6.19. The fraction of sp³-hybridized carbons (Fsp3) is 0.500. The van der Waals surface area contributed by atoms with E-state index in [0.717, 1.165) is 17.3 Å². The first-order valence-electron chi connectivity index (χ1n) is 9.04. The van der Waals surface area contributed by atoms with Crippen LogP contribution in [0.25, 0.3) is 10.9 Å². The summed E-state index contributed by atoms with van der Waals surface area (Å²) in [5.74, 6) is 0.110. The van der Waals surface area contributed by atoms with Gasteiger partial charge in [0.2, 0.25) is 5.91 Å². The van der Waals surface area contributed by atoms with Crippen molar-refractivity contribution < 1.29 is 14.6 Å². The number of ether oxygens (including phenoxy) is 1. The summed E-state index contributed by atoms with van der Waals surface area (Å²) in [6, 6.07) is 10.1. The van der Waals surface area contributed by atoms with Gasteiger partial charge in [0.15, 0.2) is 0 Å². The molecule has 0 aliphatic carbocycles. The average molecular weight is 357 g/mol. The van der Waals surface area contributed by atoms with Crippen molar-refractivity contribution in [2.45, 2.75) is 12.5 Å². The largest absolute Gasteiger partial charge is 0.391 e. The van der Waals surface area contributed by atoms with Gasteiger partial charge in [-0.3, -0.25) is 14.7 Å². The van der Waals surface area contributed by atoms with E-state index in [1.165, 1.54) is 5.56 Å². The van der Waals surface area contributed by atoms with Gasteiger partial charge < -0.3 is 14.7 Å². The zero-order valence-corrected chi connectivity index (χ0v) is 15.5. The lowest BCUT2D eigenvalue weighted by Crippen LogP contribution is -2.39. The van der Waals surface area contributed by atoms with Gasteiger partial charge in [-0.05, 0) is 31.2 Å². The van der Waals surface area contributed by atoms with Gasteiger partial charge in [-0.2, -0.15) is 0 Å². The number of methoxy groups -OCH3 is 1. The second-order valence-electron chi connectivity index (χ2n) is 7.05. The molecule has 26 heavy (non-hydrogen) atoms. The van der Waals surface area contributed by atoms with Gasteiger partial charge in [0.1, 0.15) is 0 Å². The molecule has 2 atom stereocenters. The Hall–Kier alpha value is -2.02. The second-order valence-corrected chi connectivity index (χ2v) is 7.05. The normalized spacial score (nSPS) is 20.2. The molecule has 6 heteroatoms. The molecular formula is C20H27N3O3. The molecule has 0 saturated carbocycles. The van der Waals surface area contributed by atoms with E-state index >= 15 is 0 Å². The number of aliphatic hydroxyl groups is 1. The molecule has 1 aromatic carbocycles. The molecule has 3 rings (SSSR count). The number of hydrogen-bond donors (Lipinski definition) is 1. The van der Waals surface area contributed by atoms with E-state index in [2.05, 4.69) is 11.1 Å². The number of pyridine rings is 1. The van der Waals surface area contributed by atoms with Gasteiger partial charge in [-0.25, -0.2) is 0 Å². The van der Waals surface area contributed by atoms with Crippen LogP contribution in [0.3, 0.4) is 0 Å². The molecule has 1 aromatic heterocycles. The quantitative estimate of drug-likeness (QED) is 0.806. The summed E-state index contributed by atoms with van der Waals surface area (Å²) in [4.78, 5) is 20.6. The summed E-state index contributed by atoms with van der Waals surface area (Å²) in [7, 11) is 3.56. The standard InChI is InChI=1S/C20H27N3O3/c1-22(9-10-26-2)14-20(25)23-12-16(19(24)13-23)11-15-7-8-21-18-6-4-3-5-17(15)18/h3-8,16,19,24H,9-14H2,1-2H3/t16-,19+/m1/s1. The Bertz CT molecular complexity index is 747. The predicted octanol–water partition coefficient (Wildman–Crippen LogP) is 1.17. The Morgan fingerprint density at radius 3 is 2.96 bits per heavy atom. The van der Waals surface area contributed by atoms with Crippen molar-refractivity contribution in [3.05, 3.63) is 42.1 Å². The summed E-state index contributed by atoms with van der Waals surface area (Å²) in [5.41, 5.74) is 2.14. The van der Waals surface area contributed by atoms with Crippen LogP contribution in [0.2, 0.25) is 0 Å².